The average Bonchev–Trinajstić information content (AvgIpc) is 2.29. The van der Waals surface area contributed by atoms with Crippen LogP contribution in [0.1, 0.15) is 38.1 Å². The van der Waals surface area contributed by atoms with Crippen molar-refractivity contribution in [2.45, 2.75) is 27.7 Å². The van der Waals surface area contributed by atoms with Crippen molar-refractivity contribution < 1.29 is 15.0 Å². The Kier molecular flexibility index (Phi) is 4.22. The molecular weight excluding hydrogens is 230 g/mol. The maximum atomic E-state index is 11.9. The summed E-state index contributed by atoms with van der Waals surface area (Å²) in [6.07, 6.45) is 0. The zero-order chi connectivity index (χ0) is 13.9. The van der Waals surface area contributed by atoms with E-state index in [4.69, 9.17) is 0 Å². The predicted molar refractivity (Wildman–Crippen MR) is 70.7 cm³/mol. The standard InChI is InChI=1S/C14H21NO3/c1-9(2)14(3,4)8-15-13(18)11-7-10(16)5-6-12(11)17/h5-7,9,16-17H,8H2,1-4H3,(H,15,18). The fraction of sp³-hybridized carbons (Fsp3) is 0.500. The van der Waals surface area contributed by atoms with E-state index >= 15 is 0 Å². The molecule has 3 N–H and O–H groups in total. The second kappa shape index (κ2) is 5.29. The highest BCUT2D eigenvalue weighted by Gasteiger charge is 2.23. The normalized spacial score (nSPS) is 11.6. The Labute approximate surface area is 108 Å². The maximum absolute atomic E-state index is 11.9. The zero-order valence-corrected chi connectivity index (χ0v) is 11.3. The van der Waals surface area contributed by atoms with E-state index in [1.165, 1.54) is 18.2 Å². The van der Waals surface area contributed by atoms with Crippen LogP contribution in [0.5, 0.6) is 11.5 Å². The number of nitrogens with one attached hydrogen (secondary N) is 1. The summed E-state index contributed by atoms with van der Waals surface area (Å²) >= 11 is 0. The third-order valence-electron chi connectivity index (χ3n) is 3.49. The lowest BCUT2D eigenvalue weighted by molar-refractivity contribution is 0.0921. The number of benzene rings is 1. The van der Waals surface area contributed by atoms with E-state index in [-0.39, 0.29) is 28.4 Å². The van der Waals surface area contributed by atoms with Gasteiger partial charge in [0.15, 0.2) is 0 Å². The van der Waals surface area contributed by atoms with Crippen molar-refractivity contribution in [3.05, 3.63) is 23.8 Å². The van der Waals surface area contributed by atoms with Crippen LogP contribution in [-0.4, -0.2) is 22.7 Å². The first-order valence-electron chi connectivity index (χ1n) is 6.04. The Morgan fingerprint density at radius 2 is 1.94 bits per heavy atom. The van der Waals surface area contributed by atoms with Crippen LogP contribution in [0.2, 0.25) is 0 Å². The topological polar surface area (TPSA) is 69.6 Å². The Bertz CT molecular complexity index is 439. The molecule has 18 heavy (non-hydrogen) atoms. The van der Waals surface area contributed by atoms with Crippen LogP contribution in [0.3, 0.4) is 0 Å². The first-order chi connectivity index (χ1) is 8.24. The molecule has 0 fully saturated rings. The van der Waals surface area contributed by atoms with Crippen molar-refractivity contribution >= 4 is 5.91 Å². The third kappa shape index (κ3) is 3.39. The molecule has 0 bridgehead atoms. The van der Waals surface area contributed by atoms with Gasteiger partial charge in [-0.25, -0.2) is 0 Å². The molecule has 0 aliphatic rings. The number of aromatic hydroxyl groups is 2. The molecule has 0 spiro atoms. The lowest BCUT2D eigenvalue weighted by Gasteiger charge is -2.29. The Morgan fingerprint density at radius 3 is 2.50 bits per heavy atom. The summed E-state index contributed by atoms with van der Waals surface area (Å²) in [7, 11) is 0. The van der Waals surface area contributed by atoms with Crippen molar-refractivity contribution in [3.8, 4) is 11.5 Å². The minimum absolute atomic E-state index is 0.0257. The maximum Gasteiger partial charge on any atom is 0.255 e. The monoisotopic (exact) mass is 251 g/mol. The lowest BCUT2D eigenvalue weighted by atomic mass is 9.81. The first-order valence-corrected chi connectivity index (χ1v) is 6.04. The van der Waals surface area contributed by atoms with Gasteiger partial charge in [0.25, 0.3) is 5.91 Å². The van der Waals surface area contributed by atoms with E-state index in [1.54, 1.807) is 0 Å². The molecule has 1 rings (SSSR count). The highest BCUT2D eigenvalue weighted by Crippen LogP contribution is 2.26. The van der Waals surface area contributed by atoms with E-state index in [2.05, 4.69) is 33.0 Å². The molecule has 0 aliphatic carbocycles. The van der Waals surface area contributed by atoms with Crippen LogP contribution in [0.4, 0.5) is 0 Å². The smallest absolute Gasteiger partial charge is 0.255 e. The summed E-state index contributed by atoms with van der Waals surface area (Å²) in [6, 6.07) is 3.90. The molecular formula is C14H21NO3. The molecule has 0 saturated carbocycles. The molecule has 4 nitrogen and oxygen atoms in total. The number of amides is 1. The average molecular weight is 251 g/mol. The van der Waals surface area contributed by atoms with E-state index in [0.717, 1.165) is 0 Å². The molecule has 0 atom stereocenters. The molecule has 1 amide bonds. The number of carbonyl (C=O) groups excluding carboxylic acids is 1. The van der Waals surface area contributed by atoms with Crippen molar-refractivity contribution in [1.82, 2.24) is 5.32 Å². The largest absolute Gasteiger partial charge is 0.508 e. The van der Waals surface area contributed by atoms with Crippen LogP contribution in [0.25, 0.3) is 0 Å². The van der Waals surface area contributed by atoms with Gasteiger partial charge in [0, 0.05) is 6.54 Å². The molecule has 0 saturated heterocycles. The summed E-state index contributed by atoms with van der Waals surface area (Å²) in [6.45, 7) is 8.84. The van der Waals surface area contributed by atoms with E-state index < -0.39 is 0 Å². The second-order valence-electron chi connectivity index (χ2n) is 5.53. The van der Waals surface area contributed by atoms with Crippen molar-refractivity contribution in [1.29, 1.82) is 0 Å². The molecule has 1 aromatic carbocycles. The van der Waals surface area contributed by atoms with Crippen LogP contribution in [0.15, 0.2) is 18.2 Å². The molecule has 0 aliphatic heterocycles. The fourth-order valence-electron chi connectivity index (χ4n) is 1.31. The van der Waals surface area contributed by atoms with Crippen molar-refractivity contribution in [2.24, 2.45) is 11.3 Å². The van der Waals surface area contributed by atoms with E-state index in [0.29, 0.717) is 12.5 Å². The molecule has 1 aromatic rings. The summed E-state index contributed by atoms with van der Waals surface area (Å²) in [5.41, 5.74) is 0.0665. The molecule has 0 aromatic heterocycles. The lowest BCUT2D eigenvalue weighted by Crippen LogP contribution is -2.36. The van der Waals surface area contributed by atoms with Crippen LogP contribution >= 0.6 is 0 Å². The van der Waals surface area contributed by atoms with Crippen molar-refractivity contribution in [2.75, 3.05) is 6.54 Å². The Balaban J connectivity index is 2.75. The molecule has 0 radical (unpaired) electrons. The van der Waals surface area contributed by atoms with Gasteiger partial charge in [-0.1, -0.05) is 27.7 Å². The third-order valence-corrected chi connectivity index (χ3v) is 3.49. The number of hydrogen-bond acceptors (Lipinski definition) is 3. The van der Waals surface area contributed by atoms with Gasteiger partial charge in [0.2, 0.25) is 0 Å². The highest BCUT2D eigenvalue weighted by molar-refractivity contribution is 5.97. The predicted octanol–water partition coefficient (Wildman–Crippen LogP) is 2.51. The van der Waals surface area contributed by atoms with Gasteiger partial charge in [-0.3, -0.25) is 4.79 Å². The zero-order valence-electron chi connectivity index (χ0n) is 11.3. The number of phenols is 2. The highest BCUT2D eigenvalue weighted by atomic mass is 16.3. The van der Waals surface area contributed by atoms with E-state index in [1.807, 2.05) is 0 Å². The molecule has 0 heterocycles. The second-order valence-corrected chi connectivity index (χ2v) is 5.53. The summed E-state index contributed by atoms with van der Waals surface area (Å²) in [5.74, 6) is -0.124. The fourth-order valence-corrected chi connectivity index (χ4v) is 1.31. The van der Waals surface area contributed by atoms with Gasteiger partial charge in [-0.05, 0) is 29.5 Å². The van der Waals surface area contributed by atoms with Crippen LogP contribution in [-0.2, 0) is 0 Å². The van der Waals surface area contributed by atoms with Gasteiger partial charge in [-0.2, -0.15) is 0 Å². The SMILES string of the molecule is CC(C)C(C)(C)CNC(=O)c1cc(O)ccc1O. The molecule has 0 unspecified atom stereocenters. The summed E-state index contributed by atoms with van der Waals surface area (Å²) < 4.78 is 0. The van der Waals surface area contributed by atoms with Gasteiger partial charge in [0.1, 0.15) is 11.5 Å². The van der Waals surface area contributed by atoms with Gasteiger partial charge >= 0.3 is 0 Å². The van der Waals surface area contributed by atoms with Gasteiger partial charge < -0.3 is 15.5 Å². The van der Waals surface area contributed by atoms with Crippen LogP contribution < -0.4 is 5.32 Å². The first kappa shape index (κ1) is 14.4. The van der Waals surface area contributed by atoms with Crippen molar-refractivity contribution in [3.63, 3.8) is 0 Å². The van der Waals surface area contributed by atoms with Crippen LogP contribution in [0, 0.1) is 11.3 Å². The quantitative estimate of drug-likeness (QED) is 0.720. The van der Waals surface area contributed by atoms with E-state index in [9.17, 15) is 15.0 Å². The number of phenolic OH excluding ortho intramolecular Hbond substituents is 2. The Hall–Kier alpha value is -1.71. The number of rotatable bonds is 4. The minimum Gasteiger partial charge on any atom is -0.508 e. The number of carbonyl (C=O) groups is 1. The number of hydrogen-bond donors (Lipinski definition) is 3. The molecule has 100 valence electrons. The Morgan fingerprint density at radius 1 is 1.33 bits per heavy atom. The van der Waals surface area contributed by atoms with Gasteiger partial charge in [0.05, 0.1) is 5.56 Å². The minimum atomic E-state index is -0.378. The summed E-state index contributed by atoms with van der Waals surface area (Å²) in [4.78, 5) is 11.9. The summed E-state index contributed by atoms with van der Waals surface area (Å²) in [5, 5.41) is 21.7. The molecule has 4 heteroatoms. The van der Waals surface area contributed by atoms with Gasteiger partial charge in [-0.15, -0.1) is 0 Å².